The fraction of sp³-hybridized carbons (Fsp3) is 0.538. The predicted molar refractivity (Wildman–Crippen MR) is 72.7 cm³/mol. The number of hydrogen-bond donors (Lipinski definition) is 1. The molecule has 0 atom stereocenters. The second kappa shape index (κ2) is 7.42. The first-order valence-electron chi connectivity index (χ1n) is 6.36. The summed E-state index contributed by atoms with van der Waals surface area (Å²) < 4.78 is 4.56. The van der Waals surface area contributed by atoms with E-state index in [9.17, 15) is 9.59 Å². The second-order valence-corrected chi connectivity index (χ2v) is 4.55. The van der Waals surface area contributed by atoms with Gasteiger partial charge in [0.05, 0.1) is 7.11 Å². The fourth-order valence-electron chi connectivity index (χ4n) is 1.73. The van der Waals surface area contributed by atoms with Gasteiger partial charge in [0.2, 0.25) is 0 Å². The lowest BCUT2D eigenvalue weighted by Gasteiger charge is -2.27. The van der Waals surface area contributed by atoms with Gasteiger partial charge in [0, 0.05) is 19.0 Å². The highest BCUT2D eigenvalue weighted by Crippen LogP contribution is 2.14. The number of anilines is 1. The van der Waals surface area contributed by atoms with E-state index in [1.807, 2.05) is 18.7 Å². The standard InChI is InChI=1S/C13H19N3O4/c1-9(2)16(8-4-5-12(17)18)11-7-6-10(14-15-11)13(19)20-3/h6-7,9H,4-5,8H2,1-3H3,(H,17,18). The van der Waals surface area contributed by atoms with Crippen LogP contribution in [-0.4, -0.2) is 46.9 Å². The van der Waals surface area contributed by atoms with Gasteiger partial charge in [0.25, 0.3) is 0 Å². The van der Waals surface area contributed by atoms with Gasteiger partial charge in [-0.15, -0.1) is 10.2 Å². The minimum Gasteiger partial charge on any atom is -0.481 e. The first-order chi connectivity index (χ1) is 9.45. The Kier molecular flexibility index (Phi) is 5.89. The van der Waals surface area contributed by atoms with Crippen LogP contribution in [0, 0.1) is 0 Å². The van der Waals surface area contributed by atoms with Crippen molar-refractivity contribution in [3.05, 3.63) is 17.8 Å². The highest BCUT2D eigenvalue weighted by molar-refractivity contribution is 5.86. The third-order valence-electron chi connectivity index (χ3n) is 2.75. The Bertz CT molecular complexity index is 459. The molecule has 0 bridgehead atoms. The number of carboxylic acids is 1. The van der Waals surface area contributed by atoms with Crippen molar-refractivity contribution >= 4 is 17.8 Å². The number of methoxy groups -OCH3 is 1. The van der Waals surface area contributed by atoms with Crippen LogP contribution in [0.1, 0.15) is 37.2 Å². The molecular weight excluding hydrogens is 262 g/mol. The molecule has 110 valence electrons. The molecule has 0 saturated carbocycles. The summed E-state index contributed by atoms with van der Waals surface area (Å²) in [6.07, 6.45) is 0.630. The monoisotopic (exact) mass is 281 g/mol. The summed E-state index contributed by atoms with van der Waals surface area (Å²) in [6.45, 7) is 4.53. The quantitative estimate of drug-likeness (QED) is 0.754. The molecule has 0 spiro atoms. The maximum atomic E-state index is 11.3. The molecule has 0 saturated heterocycles. The minimum absolute atomic E-state index is 0.108. The van der Waals surface area contributed by atoms with Crippen molar-refractivity contribution in [2.45, 2.75) is 32.7 Å². The SMILES string of the molecule is COC(=O)c1ccc(N(CCCC(=O)O)C(C)C)nn1. The van der Waals surface area contributed by atoms with Crippen LogP contribution in [-0.2, 0) is 9.53 Å². The van der Waals surface area contributed by atoms with Gasteiger partial charge in [-0.05, 0) is 32.4 Å². The Labute approximate surface area is 117 Å². The lowest BCUT2D eigenvalue weighted by Crippen LogP contribution is -2.33. The van der Waals surface area contributed by atoms with Gasteiger partial charge in [0.15, 0.2) is 11.5 Å². The Balaban J connectivity index is 2.76. The van der Waals surface area contributed by atoms with Gasteiger partial charge in [-0.2, -0.15) is 0 Å². The van der Waals surface area contributed by atoms with Crippen LogP contribution in [0.4, 0.5) is 5.82 Å². The van der Waals surface area contributed by atoms with Crippen molar-refractivity contribution in [3.8, 4) is 0 Å². The summed E-state index contributed by atoms with van der Waals surface area (Å²) in [5.74, 6) is -0.745. The topological polar surface area (TPSA) is 92.6 Å². The zero-order valence-electron chi connectivity index (χ0n) is 11.9. The Morgan fingerprint density at radius 2 is 2.05 bits per heavy atom. The summed E-state index contributed by atoms with van der Waals surface area (Å²) in [5.41, 5.74) is 0.144. The number of rotatable bonds is 7. The minimum atomic E-state index is -0.819. The van der Waals surface area contributed by atoms with Crippen molar-refractivity contribution in [3.63, 3.8) is 0 Å². The molecule has 1 aromatic heterocycles. The van der Waals surface area contributed by atoms with E-state index in [2.05, 4.69) is 14.9 Å². The van der Waals surface area contributed by atoms with Crippen LogP contribution in [0.5, 0.6) is 0 Å². The molecule has 1 N–H and O–H groups in total. The summed E-state index contributed by atoms with van der Waals surface area (Å²) in [4.78, 5) is 23.8. The van der Waals surface area contributed by atoms with Gasteiger partial charge in [-0.3, -0.25) is 4.79 Å². The summed E-state index contributed by atoms with van der Waals surface area (Å²) in [7, 11) is 1.28. The predicted octanol–water partition coefficient (Wildman–Crippen LogP) is 1.34. The molecule has 20 heavy (non-hydrogen) atoms. The number of nitrogens with zero attached hydrogens (tertiary/aromatic N) is 3. The molecule has 0 unspecified atom stereocenters. The molecule has 7 heteroatoms. The first-order valence-corrected chi connectivity index (χ1v) is 6.36. The number of aliphatic carboxylic acids is 1. The van der Waals surface area contributed by atoms with E-state index in [4.69, 9.17) is 5.11 Å². The Hall–Kier alpha value is -2.18. The van der Waals surface area contributed by atoms with E-state index in [0.29, 0.717) is 18.8 Å². The van der Waals surface area contributed by atoms with Crippen molar-refractivity contribution in [1.29, 1.82) is 0 Å². The molecule has 1 aromatic rings. The third kappa shape index (κ3) is 4.49. The molecule has 0 aliphatic carbocycles. The average molecular weight is 281 g/mol. The van der Waals surface area contributed by atoms with Crippen LogP contribution >= 0.6 is 0 Å². The molecule has 1 heterocycles. The summed E-state index contributed by atoms with van der Waals surface area (Å²) >= 11 is 0. The van der Waals surface area contributed by atoms with E-state index >= 15 is 0 Å². The van der Waals surface area contributed by atoms with Crippen LogP contribution in [0.25, 0.3) is 0 Å². The van der Waals surface area contributed by atoms with Crippen LogP contribution < -0.4 is 4.90 Å². The van der Waals surface area contributed by atoms with E-state index in [0.717, 1.165) is 0 Å². The fourth-order valence-corrected chi connectivity index (χ4v) is 1.73. The zero-order chi connectivity index (χ0) is 15.1. The average Bonchev–Trinajstić information content (AvgIpc) is 2.42. The lowest BCUT2D eigenvalue weighted by molar-refractivity contribution is -0.137. The van der Waals surface area contributed by atoms with Crippen molar-refractivity contribution in [2.75, 3.05) is 18.6 Å². The molecule has 0 radical (unpaired) electrons. The number of carboxylic acid groups (broad SMARTS) is 1. The van der Waals surface area contributed by atoms with Crippen LogP contribution in [0.3, 0.4) is 0 Å². The first kappa shape index (κ1) is 15.9. The number of esters is 1. The molecule has 1 rings (SSSR count). The van der Waals surface area contributed by atoms with Crippen LogP contribution in [0.2, 0.25) is 0 Å². The number of ether oxygens (including phenoxy) is 1. The van der Waals surface area contributed by atoms with Crippen molar-refractivity contribution in [1.82, 2.24) is 10.2 Å². The number of aromatic nitrogens is 2. The van der Waals surface area contributed by atoms with Gasteiger partial charge in [-0.25, -0.2) is 4.79 Å². The third-order valence-corrected chi connectivity index (χ3v) is 2.75. The Morgan fingerprint density at radius 3 is 2.50 bits per heavy atom. The highest BCUT2D eigenvalue weighted by Gasteiger charge is 2.14. The smallest absolute Gasteiger partial charge is 0.358 e. The molecule has 7 nitrogen and oxygen atoms in total. The molecular formula is C13H19N3O4. The zero-order valence-corrected chi connectivity index (χ0v) is 11.9. The van der Waals surface area contributed by atoms with E-state index in [1.54, 1.807) is 12.1 Å². The molecule has 0 aliphatic heterocycles. The van der Waals surface area contributed by atoms with E-state index < -0.39 is 11.9 Å². The van der Waals surface area contributed by atoms with Crippen LogP contribution in [0.15, 0.2) is 12.1 Å². The normalized spacial score (nSPS) is 10.4. The molecule has 0 amide bonds. The summed E-state index contributed by atoms with van der Waals surface area (Å²) in [6, 6.07) is 3.38. The molecule has 0 aliphatic rings. The molecule has 0 aromatic carbocycles. The van der Waals surface area contributed by atoms with Gasteiger partial charge < -0.3 is 14.7 Å². The second-order valence-electron chi connectivity index (χ2n) is 4.55. The number of hydrogen-bond acceptors (Lipinski definition) is 6. The van der Waals surface area contributed by atoms with E-state index in [1.165, 1.54) is 7.11 Å². The van der Waals surface area contributed by atoms with Gasteiger partial charge in [0.1, 0.15) is 0 Å². The van der Waals surface area contributed by atoms with Crippen molar-refractivity contribution in [2.24, 2.45) is 0 Å². The lowest BCUT2D eigenvalue weighted by atomic mass is 10.2. The van der Waals surface area contributed by atoms with Gasteiger partial charge >= 0.3 is 11.9 Å². The maximum absolute atomic E-state index is 11.3. The maximum Gasteiger partial charge on any atom is 0.358 e. The molecule has 0 fully saturated rings. The highest BCUT2D eigenvalue weighted by atomic mass is 16.5. The number of carbonyl (C=O) groups excluding carboxylic acids is 1. The Morgan fingerprint density at radius 1 is 1.35 bits per heavy atom. The number of carbonyl (C=O) groups is 2. The van der Waals surface area contributed by atoms with Gasteiger partial charge in [-0.1, -0.05) is 0 Å². The van der Waals surface area contributed by atoms with Crippen molar-refractivity contribution < 1.29 is 19.4 Å². The summed E-state index contributed by atoms with van der Waals surface area (Å²) in [5, 5.41) is 16.5. The van der Waals surface area contributed by atoms with E-state index in [-0.39, 0.29) is 18.2 Å². The largest absolute Gasteiger partial charge is 0.481 e.